The fourth-order valence-corrected chi connectivity index (χ4v) is 1.58. The van der Waals surface area contributed by atoms with Gasteiger partial charge in [-0.3, -0.25) is 0 Å². The van der Waals surface area contributed by atoms with E-state index in [1.165, 1.54) is 24.4 Å². The van der Waals surface area contributed by atoms with Gasteiger partial charge in [0.05, 0.1) is 11.8 Å². The predicted molar refractivity (Wildman–Crippen MR) is 60.2 cm³/mol. The molecule has 0 saturated carbocycles. The minimum atomic E-state index is -4.37. The van der Waals surface area contributed by atoms with Gasteiger partial charge in [0.1, 0.15) is 0 Å². The Labute approximate surface area is 110 Å². The summed E-state index contributed by atoms with van der Waals surface area (Å²) in [6.45, 7) is 0. The van der Waals surface area contributed by atoms with Crippen LogP contribution in [0.15, 0.2) is 45.6 Å². The van der Waals surface area contributed by atoms with Crippen molar-refractivity contribution in [1.82, 2.24) is 15.3 Å². The minimum Gasteiger partial charge on any atom is -0.351 e. The predicted octanol–water partition coefficient (Wildman–Crippen LogP) is 3.41. The topological polar surface area (TPSA) is 65.0 Å². The van der Waals surface area contributed by atoms with Crippen LogP contribution in [-0.2, 0) is 6.18 Å². The zero-order valence-corrected chi connectivity index (χ0v) is 9.76. The maximum absolute atomic E-state index is 12.4. The zero-order chi connectivity index (χ0) is 14.2. The Morgan fingerprint density at radius 3 is 2.30 bits per heavy atom. The molecule has 0 bridgehead atoms. The van der Waals surface area contributed by atoms with Crippen molar-refractivity contribution in [2.45, 2.75) is 6.18 Å². The van der Waals surface area contributed by atoms with Gasteiger partial charge < -0.3 is 9.05 Å². The number of aromatic nitrogens is 3. The van der Waals surface area contributed by atoms with E-state index in [-0.39, 0.29) is 17.5 Å². The van der Waals surface area contributed by atoms with Gasteiger partial charge in [0.25, 0.3) is 5.89 Å². The highest BCUT2D eigenvalue weighted by molar-refractivity contribution is 5.57. The van der Waals surface area contributed by atoms with Crippen LogP contribution in [0.5, 0.6) is 0 Å². The Hall–Kier alpha value is -2.64. The summed E-state index contributed by atoms with van der Waals surface area (Å²) in [5.74, 6) is 0.568. The monoisotopic (exact) mass is 281 g/mol. The summed E-state index contributed by atoms with van der Waals surface area (Å²) in [4.78, 5) is 4.02. The summed E-state index contributed by atoms with van der Waals surface area (Å²) in [7, 11) is 0. The number of hydrogen-bond acceptors (Lipinski definition) is 5. The lowest BCUT2D eigenvalue weighted by molar-refractivity contribution is -0.137. The number of benzene rings is 1. The Bertz CT molecular complexity index is 702. The first kappa shape index (κ1) is 12.4. The summed E-state index contributed by atoms with van der Waals surface area (Å²) in [6.07, 6.45) is -2.96. The molecule has 3 rings (SSSR count). The van der Waals surface area contributed by atoms with E-state index in [0.717, 1.165) is 12.1 Å². The van der Waals surface area contributed by atoms with E-state index in [9.17, 15) is 13.2 Å². The first-order valence-electron chi connectivity index (χ1n) is 5.46. The first-order valence-corrected chi connectivity index (χ1v) is 5.46. The van der Waals surface area contributed by atoms with Crippen molar-refractivity contribution in [1.29, 1.82) is 0 Å². The van der Waals surface area contributed by atoms with Gasteiger partial charge in [0.15, 0.2) is 0 Å². The second-order valence-electron chi connectivity index (χ2n) is 3.87. The highest BCUT2D eigenvalue weighted by Gasteiger charge is 2.30. The van der Waals surface area contributed by atoms with Gasteiger partial charge in [-0.1, -0.05) is 22.4 Å². The zero-order valence-electron chi connectivity index (χ0n) is 9.76. The molecule has 1 aromatic carbocycles. The van der Waals surface area contributed by atoms with Gasteiger partial charge >= 0.3 is 6.18 Å². The van der Waals surface area contributed by atoms with Crippen molar-refractivity contribution >= 4 is 0 Å². The molecule has 0 spiro atoms. The molecule has 0 aliphatic carbocycles. The second-order valence-corrected chi connectivity index (χ2v) is 3.87. The smallest absolute Gasteiger partial charge is 0.351 e. The van der Waals surface area contributed by atoms with E-state index in [2.05, 4.69) is 15.3 Å². The van der Waals surface area contributed by atoms with Crippen LogP contribution in [0.2, 0.25) is 0 Å². The fourth-order valence-electron chi connectivity index (χ4n) is 1.58. The standard InChI is InChI=1S/C12H6F3N3O2/c13-12(14,15)8-3-1-7(2-4-8)10-17-11(20-18-10)9-5-6-16-19-9/h1-6H. The molecule has 8 heteroatoms. The van der Waals surface area contributed by atoms with Crippen LogP contribution in [-0.4, -0.2) is 15.3 Å². The molecule has 20 heavy (non-hydrogen) atoms. The van der Waals surface area contributed by atoms with Crippen molar-refractivity contribution in [3.8, 4) is 23.0 Å². The van der Waals surface area contributed by atoms with Gasteiger partial charge in [-0.2, -0.15) is 18.2 Å². The molecule has 0 aliphatic heterocycles. The molecular formula is C12H6F3N3O2. The number of halogens is 3. The highest BCUT2D eigenvalue weighted by Crippen LogP contribution is 2.30. The highest BCUT2D eigenvalue weighted by atomic mass is 19.4. The summed E-state index contributed by atoms with van der Waals surface area (Å²) in [5.41, 5.74) is -0.326. The number of rotatable bonds is 2. The Morgan fingerprint density at radius 1 is 0.950 bits per heavy atom. The lowest BCUT2D eigenvalue weighted by atomic mass is 10.1. The molecule has 0 fully saturated rings. The number of hydrogen-bond donors (Lipinski definition) is 0. The number of nitrogens with zero attached hydrogens (tertiary/aromatic N) is 3. The maximum Gasteiger partial charge on any atom is 0.416 e. The van der Waals surface area contributed by atoms with Crippen LogP contribution >= 0.6 is 0 Å². The van der Waals surface area contributed by atoms with Crippen molar-refractivity contribution < 1.29 is 22.2 Å². The average molecular weight is 281 g/mol. The van der Waals surface area contributed by atoms with Gasteiger partial charge in [-0.25, -0.2) is 0 Å². The molecule has 3 aromatic rings. The van der Waals surface area contributed by atoms with Crippen LogP contribution in [0.3, 0.4) is 0 Å². The Balaban J connectivity index is 1.90. The van der Waals surface area contributed by atoms with Crippen LogP contribution in [0.4, 0.5) is 13.2 Å². The van der Waals surface area contributed by atoms with Crippen LogP contribution in [0.25, 0.3) is 23.0 Å². The third-order valence-electron chi connectivity index (χ3n) is 2.55. The summed E-state index contributed by atoms with van der Waals surface area (Å²) < 4.78 is 47.1. The molecule has 2 heterocycles. The van der Waals surface area contributed by atoms with Gasteiger partial charge in [0.2, 0.25) is 11.6 Å². The van der Waals surface area contributed by atoms with Crippen molar-refractivity contribution in [2.24, 2.45) is 0 Å². The lowest BCUT2D eigenvalue weighted by Crippen LogP contribution is -2.04. The largest absolute Gasteiger partial charge is 0.416 e. The molecular weight excluding hydrogens is 275 g/mol. The third-order valence-corrected chi connectivity index (χ3v) is 2.55. The van der Waals surface area contributed by atoms with Crippen LogP contribution < -0.4 is 0 Å². The van der Waals surface area contributed by atoms with E-state index in [4.69, 9.17) is 9.05 Å². The molecule has 5 nitrogen and oxygen atoms in total. The maximum atomic E-state index is 12.4. The summed E-state index contributed by atoms with van der Waals surface area (Å²) >= 11 is 0. The molecule has 102 valence electrons. The molecule has 0 N–H and O–H groups in total. The average Bonchev–Trinajstić information content (AvgIpc) is 3.09. The molecule has 0 aliphatic rings. The van der Waals surface area contributed by atoms with Crippen LogP contribution in [0, 0.1) is 0 Å². The van der Waals surface area contributed by atoms with Gasteiger partial charge in [-0.05, 0) is 12.1 Å². The Kier molecular flexibility index (Phi) is 2.78. The normalized spacial score (nSPS) is 11.8. The molecule has 0 radical (unpaired) electrons. The second kappa shape index (κ2) is 4.48. The van der Waals surface area contributed by atoms with Crippen molar-refractivity contribution in [3.63, 3.8) is 0 Å². The number of alkyl halides is 3. The molecule has 0 atom stereocenters. The third kappa shape index (κ3) is 2.27. The lowest BCUT2D eigenvalue weighted by Gasteiger charge is -2.05. The van der Waals surface area contributed by atoms with Gasteiger partial charge in [0, 0.05) is 11.6 Å². The molecule has 2 aromatic heterocycles. The van der Waals surface area contributed by atoms with E-state index < -0.39 is 11.7 Å². The Morgan fingerprint density at radius 2 is 1.70 bits per heavy atom. The van der Waals surface area contributed by atoms with E-state index in [0.29, 0.717) is 5.56 Å². The van der Waals surface area contributed by atoms with Crippen LogP contribution in [0.1, 0.15) is 5.56 Å². The molecule has 0 saturated heterocycles. The minimum absolute atomic E-state index is 0.109. The summed E-state index contributed by atoms with van der Waals surface area (Å²) in [5, 5.41) is 7.17. The SMILES string of the molecule is FC(F)(F)c1ccc(-c2noc(-c3ccno3)n2)cc1. The van der Waals surface area contributed by atoms with E-state index in [1.807, 2.05) is 0 Å². The molecule has 0 unspecified atom stereocenters. The summed E-state index contributed by atoms with van der Waals surface area (Å²) in [6, 6.07) is 6.00. The molecule has 0 amide bonds. The quantitative estimate of drug-likeness (QED) is 0.720. The fraction of sp³-hybridized carbons (Fsp3) is 0.0833. The van der Waals surface area contributed by atoms with Crippen molar-refractivity contribution in [3.05, 3.63) is 42.1 Å². The van der Waals surface area contributed by atoms with E-state index in [1.54, 1.807) is 0 Å². The van der Waals surface area contributed by atoms with E-state index >= 15 is 0 Å². The first-order chi connectivity index (χ1) is 9.54. The van der Waals surface area contributed by atoms with Crippen molar-refractivity contribution in [2.75, 3.05) is 0 Å². The van der Waals surface area contributed by atoms with Gasteiger partial charge in [-0.15, -0.1) is 0 Å².